The van der Waals surface area contributed by atoms with E-state index >= 15 is 0 Å². The van der Waals surface area contributed by atoms with Gasteiger partial charge >= 0.3 is 0 Å². The van der Waals surface area contributed by atoms with Crippen molar-refractivity contribution in [2.75, 3.05) is 19.8 Å². The number of hydrogen-bond acceptors (Lipinski definition) is 6. The molecule has 2 aromatic heterocycles. The summed E-state index contributed by atoms with van der Waals surface area (Å²) in [6, 6.07) is 12.7. The average molecular weight is 573 g/mol. The first-order valence-electron chi connectivity index (χ1n) is 13.4. The van der Waals surface area contributed by atoms with Gasteiger partial charge in [-0.25, -0.2) is 13.8 Å². The second-order valence-electron chi connectivity index (χ2n) is 10.5. The van der Waals surface area contributed by atoms with Gasteiger partial charge in [-0.1, -0.05) is 6.08 Å². The SMILES string of the molecule is C=CC(F)COc1cc(C(=O)NCCc2cc3c(c(-c4ccc(F)cc4)n2)OC[C@]3(C)C(N)=O)cc2cc(C)cnc12. The van der Waals surface area contributed by atoms with Crippen molar-refractivity contribution in [1.29, 1.82) is 0 Å². The highest BCUT2D eigenvalue weighted by molar-refractivity contribution is 6.00. The van der Waals surface area contributed by atoms with E-state index in [1.54, 1.807) is 37.4 Å². The number of primary amides is 1. The van der Waals surface area contributed by atoms with E-state index in [9.17, 15) is 18.4 Å². The zero-order chi connectivity index (χ0) is 30.0. The molecule has 2 atom stereocenters. The predicted molar refractivity (Wildman–Crippen MR) is 155 cm³/mol. The molecule has 4 aromatic rings. The summed E-state index contributed by atoms with van der Waals surface area (Å²) in [5, 5.41) is 3.57. The van der Waals surface area contributed by atoms with E-state index in [1.807, 2.05) is 13.0 Å². The van der Waals surface area contributed by atoms with Gasteiger partial charge in [0.1, 0.15) is 47.2 Å². The van der Waals surface area contributed by atoms with Gasteiger partial charge in [0.25, 0.3) is 5.91 Å². The second kappa shape index (κ2) is 11.6. The first-order chi connectivity index (χ1) is 20.1. The summed E-state index contributed by atoms with van der Waals surface area (Å²) in [5.74, 6) is -0.583. The molecule has 0 fully saturated rings. The van der Waals surface area contributed by atoms with Gasteiger partial charge in [-0.2, -0.15) is 0 Å². The van der Waals surface area contributed by atoms with E-state index in [-0.39, 0.29) is 31.4 Å². The van der Waals surface area contributed by atoms with Crippen molar-refractivity contribution >= 4 is 22.7 Å². The van der Waals surface area contributed by atoms with Crippen LogP contribution in [0.2, 0.25) is 0 Å². The third-order valence-corrected chi connectivity index (χ3v) is 7.25. The van der Waals surface area contributed by atoms with Crippen molar-refractivity contribution in [3.05, 3.63) is 95.6 Å². The number of benzene rings is 2. The lowest BCUT2D eigenvalue weighted by Crippen LogP contribution is -2.39. The largest absolute Gasteiger partial charge is 0.489 e. The summed E-state index contributed by atoms with van der Waals surface area (Å²) < 4.78 is 38.9. The summed E-state index contributed by atoms with van der Waals surface area (Å²) >= 11 is 0. The third kappa shape index (κ3) is 5.65. The van der Waals surface area contributed by atoms with Crippen LogP contribution in [0, 0.1) is 12.7 Å². The Balaban J connectivity index is 1.39. The molecule has 0 saturated heterocycles. The highest BCUT2D eigenvalue weighted by Crippen LogP contribution is 2.44. The van der Waals surface area contributed by atoms with Gasteiger partial charge in [0.15, 0.2) is 6.17 Å². The maximum Gasteiger partial charge on any atom is 0.251 e. The van der Waals surface area contributed by atoms with Crippen molar-refractivity contribution in [3.63, 3.8) is 0 Å². The van der Waals surface area contributed by atoms with Crippen molar-refractivity contribution in [3.8, 4) is 22.8 Å². The maximum atomic E-state index is 13.8. The number of amides is 2. The number of nitrogens with zero attached hydrogens (tertiary/aromatic N) is 2. The van der Waals surface area contributed by atoms with Crippen LogP contribution >= 0.6 is 0 Å². The van der Waals surface area contributed by atoms with Gasteiger partial charge in [-0.05, 0) is 67.9 Å². The van der Waals surface area contributed by atoms with Crippen LogP contribution in [-0.4, -0.2) is 47.7 Å². The molecule has 2 amide bonds. The lowest BCUT2D eigenvalue weighted by atomic mass is 9.83. The van der Waals surface area contributed by atoms with Gasteiger partial charge in [0, 0.05) is 46.9 Å². The van der Waals surface area contributed by atoms with Gasteiger partial charge in [-0.15, -0.1) is 6.58 Å². The molecule has 0 bridgehead atoms. The smallest absolute Gasteiger partial charge is 0.251 e. The molecule has 8 nitrogen and oxygen atoms in total. The molecule has 1 aliphatic rings. The molecular weight excluding hydrogens is 542 g/mol. The minimum absolute atomic E-state index is 0.0599. The van der Waals surface area contributed by atoms with Gasteiger partial charge in [-0.3, -0.25) is 14.6 Å². The molecule has 3 N–H and O–H groups in total. The second-order valence-corrected chi connectivity index (χ2v) is 10.5. The molecule has 1 unspecified atom stereocenters. The quantitative estimate of drug-likeness (QED) is 0.265. The van der Waals surface area contributed by atoms with Crippen molar-refractivity contribution in [2.24, 2.45) is 5.73 Å². The lowest BCUT2D eigenvalue weighted by Gasteiger charge is -2.19. The fraction of sp³-hybridized carbons (Fsp3) is 0.250. The van der Waals surface area contributed by atoms with Crippen LogP contribution in [0.15, 0.2) is 67.4 Å². The first kappa shape index (κ1) is 28.7. The molecule has 3 heterocycles. The normalized spacial score (nSPS) is 16.4. The van der Waals surface area contributed by atoms with E-state index in [4.69, 9.17) is 20.2 Å². The minimum Gasteiger partial charge on any atom is -0.489 e. The van der Waals surface area contributed by atoms with Gasteiger partial charge in [0.2, 0.25) is 5.91 Å². The average Bonchev–Trinajstić information content (AvgIpc) is 3.33. The number of fused-ring (bicyclic) bond motifs is 2. The molecule has 5 rings (SSSR count). The van der Waals surface area contributed by atoms with Crippen LogP contribution in [0.4, 0.5) is 8.78 Å². The topological polar surface area (TPSA) is 116 Å². The lowest BCUT2D eigenvalue weighted by molar-refractivity contribution is -0.123. The van der Waals surface area contributed by atoms with Gasteiger partial charge in [0.05, 0.1) is 0 Å². The Morgan fingerprint density at radius 3 is 2.71 bits per heavy atom. The highest BCUT2D eigenvalue weighted by atomic mass is 19.1. The maximum absolute atomic E-state index is 13.8. The molecule has 1 aliphatic heterocycles. The van der Waals surface area contributed by atoms with Crippen LogP contribution in [0.1, 0.15) is 34.1 Å². The Kier molecular flexibility index (Phi) is 7.89. The molecule has 2 aromatic carbocycles. The summed E-state index contributed by atoms with van der Waals surface area (Å²) in [4.78, 5) is 34.7. The number of alkyl halides is 1. The Bertz CT molecular complexity index is 1690. The Labute approximate surface area is 241 Å². The van der Waals surface area contributed by atoms with E-state index < -0.39 is 23.3 Å². The van der Waals surface area contributed by atoms with Crippen molar-refractivity contribution in [2.45, 2.75) is 31.9 Å². The monoisotopic (exact) mass is 572 g/mol. The number of aromatic nitrogens is 2. The fourth-order valence-electron chi connectivity index (χ4n) is 4.78. The molecule has 0 spiro atoms. The third-order valence-electron chi connectivity index (χ3n) is 7.25. The fourth-order valence-corrected chi connectivity index (χ4v) is 4.78. The van der Waals surface area contributed by atoms with Crippen LogP contribution < -0.4 is 20.5 Å². The highest BCUT2D eigenvalue weighted by Gasteiger charge is 2.43. The minimum atomic E-state index is -1.37. The van der Waals surface area contributed by atoms with E-state index in [1.165, 1.54) is 18.2 Å². The molecule has 0 aliphatic carbocycles. The number of halogens is 2. The zero-order valence-electron chi connectivity index (χ0n) is 23.2. The van der Waals surface area contributed by atoms with E-state index in [0.29, 0.717) is 51.2 Å². The molecule has 0 saturated carbocycles. The number of hydrogen-bond donors (Lipinski definition) is 2. The molecular formula is C32H30F2N4O4. The summed E-state index contributed by atoms with van der Waals surface area (Å²) in [6.07, 6.45) is 1.77. The van der Waals surface area contributed by atoms with Crippen molar-refractivity contribution < 1.29 is 27.8 Å². The Morgan fingerprint density at radius 2 is 2.00 bits per heavy atom. The molecule has 42 heavy (non-hydrogen) atoms. The zero-order valence-corrected chi connectivity index (χ0v) is 23.2. The number of carbonyl (C=O) groups is 2. The standard InChI is InChI=1S/C32H30F2N4O4/c1-4-22(33)16-41-26-13-21(12-20-11-18(2)15-37-27(20)26)30(39)36-10-9-24-14-25-29(42-17-32(25,3)31(35)40)28(38-24)19-5-7-23(34)8-6-19/h4-8,11-15,22H,1,9-10,16-17H2,2-3H3,(H2,35,40)(H,36,39)/t22?,32-/m0/s1. The predicted octanol–water partition coefficient (Wildman–Crippen LogP) is 4.76. The van der Waals surface area contributed by atoms with Crippen LogP contribution in [-0.2, 0) is 16.6 Å². The summed E-state index contributed by atoms with van der Waals surface area (Å²) in [7, 11) is 0. The Hall–Kier alpha value is -4.86. The number of aryl methyl sites for hydroxylation is 1. The van der Waals surface area contributed by atoms with Crippen LogP contribution in [0.5, 0.6) is 11.5 Å². The van der Waals surface area contributed by atoms with E-state index in [0.717, 1.165) is 11.6 Å². The summed E-state index contributed by atoms with van der Waals surface area (Å²) in [5.41, 5.74) is 8.66. The number of carbonyl (C=O) groups excluding carboxylic acids is 2. The van der Waals surface area contributed by atoms with E-state index in [2.05, 4.69) is 16.9 Å². The van der Waals surface area contributed by atoms with Gasteiger partial charge < -0.3 is 20.5 Å². The Morgan fingerprint density at radius 1 is 1.24 bits per heavy atom. The summed E-state index contributed by atoms with van der Waals surface area (Å²) in [6.45, 7) is 7.03. The van der Waals surface area contributed by atoms with Crippen molar-refractivity contribution in [1.82, 2.24) is 15.3 Å². The number of rotatable bonds is 10. The number of nitrogens with two attached hydrogens (primary N) is 1. The number of ether oxygens (including phenoxy) is 2. The first-order valence-corrected chi connectivity index (χ1v) is 13.4. The number of pyridine rings is 2. The molecule has 0 radical (unpaired) electrons. The molecule has 216 valence electrons. The number of nitrogens with one attached hydrogen (secondary N) is 1. The molecule has 10 heteroatoms. The van der Waals surface area contributed by atoms with Crippen LogP contribution in [0.25, 0.3) is 22.2 Å². The van der Waals surface area contributed by atoms with Crippen LogP contribution in [0.3, 0.4) is 0 Å².